The van der Waals surface area contributed by atoms with Gasteiger partial charge in [0.15, 0.2) is 0 Å². The summed E-state index contributed by atoms with van der Waals surface area (Å²) in [6.07, 6.45) is 6.35. The van der Waals surface area contributed by atoms with Crippen LogP contribution in [0.25, 0.3) is 0 Å². The monoisotopic (exact) mass is 507 g/mol. The quantitative estimate of drug-likeness (QED) is 0.178. The molecule has 1 aliphatic heterocycles. The third-order valence-electron chi connectivity index (χ3n) is 8.15. The Morgan fingerprint density at radius 2 is 0.944 bits per heavy atom. The molecule has 0 aromatic heterocycles. The van der Waals surface area contributed by atoms with E-state index in [0.29, 0.717) is 17.4 Å². The Kier molecular flexibility index (Phi) is 7.08. The number of benzene rings is 4. The zero-order valence-corrected chi connectivity index (χ0v) is 22.7. The van der Waals surface area contributed by atoms with Crippen molar-refractivity contribution in [3.05, 3.63) is 139 Å². The highest BCUT2D eigenvalue weighted by Gasteiger charge is 2.58. The third-order valence-corrected chi connectivity index (χ3v) is 16.4. The number of hydrogen-bond acceptors (Lipinski definition) is 1. The number of hydrogen-bond donors (Lipinski definition) is 0. The van der Waals surface area contributed by atoms with E-state index in [0.717, 1.165) is 0 Å². The van der Waals surface area contributed by atoms with Gasteiger partial charge in [0.1, 0.15) is 0 Å². The molecule has 3 heteroatoms. The predicted molar refractivity (Wildman–Crippen MR) is 158 cm³/mol. The summed E-state index contributed by atoms with van der Waals surface area (Å²) in [5.41, 5.74) is 3.98. The van der Waals surface area contributed by atoms with Crippen LogP contribution in [0.15, 0.2) is 121 Å². The normalized spacial score (nSPS) is 21.5. The lowest BCUT2D eigenvalue weighted by Gasteiger charge is -2.54. The van der Waals surface area contributed by atoms with Crippen LogP contribution < -0.4 is 10.6 Å². The summed E-state index contributed by atoms with van der Waals surface area (Å²) in [5.74, 6) is 0. The highest BCUT2D eigenvalue weighted by molar-refractivity contribution is 7.87. The van der Waals surface area contributed by atoms with Gasteiger partial charge >= 0.3 is 0 Å². The Hall–Kier alpha value is -2.30. The molecule has 1 saturated heterocycles. The first kappa shape index (κ1) is 24.1. The smallest absolute Gasteiger partial charge is 0.0845 e. The number of rotatable bonds is 7. The van der Waals surface area contributed by atoms with Crippen LogP contribution in [0.4, 0.5) is 0 Å². The lowest BCUT2D eigenvalue weighted by Crippen LogP contribution is -2.41. The molecule has 0 unspecified atom stereocenters. The Morgan fingerprint density at radius 1 is 0.556 bits per heavy atom. The molecule has 182 valence electrons. The largest absolute Gasteiger partial charge is 0.176 e. The van der Waals surface area contributed by atoms with Crippen LogP contribution in [0.3, 0.4) is 0 Å². The molecule has 0 bridgehead atoms. The van der Waals surface area contributed by atoms with Crippen LogP contribution in [0.5, 0.6) is 0 Å². The van der Waals surface area contributed by atoms with Crippen LogP contribution in [-0.2, 0) is 0 Å². The minimum absolute atomic E-state index is 0.502. The van der Waals surface area contributed by atoms with E-state index in [4.69, 9.17) is 6.66 Å². The molecule has 6 rings (SSSR count). The molecule has 0 radical (unpaired) electrons. The summed E-state index contributed by atoms with van der Waals surface area (Å²) < 4.78 is 3.05. The van der Waals surface area contributed by atoms with Gasteiger partial charge in [-0.3, -0.25) is 0 Å². The van der Waals surface area contributed by atoms with Gasteiger partial charge in [-0.2, -0.15) is 11.1 Å². The predicted octanol–water partition coefficient (Wildman–Crippen LogP) is 8.89. The second-order valence-corrected chi connectivity index (χ2v) is 16.1. The van der Waals surface area contributed by atoms with Crippen LogP contribution in [0.1, 0.15) is 54.5 Å². The van der Waals surface area contributed by atoms with E-state index in [9.17, 15) is 0 Å². The zero-order chi connectivity index (χ0) is 24.4. The van der Waals surface area contributed by atoms with Crippen molar-refractivity contribution in [1.82, 2.24) is 4.44 Å². The molecule has 2 fully saturated rings. The molecule has 4 aromatic rings. The van der Waals surface area contributed by atoms with Crippen LogP contribution in [0, 0.1) is 6.66 Å². The highest BCUT2D eigenvalue weighted by atomic mass is 31.2. The average molecular weight is 508 g/mol. The minimum atomic E-state index is -1.89. The van der Waals surface area contributed by atoms with Gasteiger partial charge in [-0.1, -0.05) is 128 Å². The fraction of sp³-hybridized carbons (Fsp3) is 0.242. The summed E-state index contributed by atoms with van der Waals surface area (Å²) in [6, 6.07) is 45.9. The minimum Gasteiger partial charge on any atom is -0.176 e. The average Bonchev–Trinajstić information content (AvgIpc) is 3.27. The van der Waals surface area contributed by atoms with Crippen molar-refractivity contribution < 1.29 is 0 Å². The van der Waals surface area contributed by atoms with Gasteiger partial charge in [0.25, 0.3) is 0 Å². The highest BCUT2D eigenvalue weighted by Crippen LogP contribution is 2.89. The van der Waals surface area contributed by atoms with E-state index in [2.05, 4.69) is 126 Å². The van der Waals surface area contributed by atoms with E-state index in [1.54, 1.807) is 0 Å². The van der Waals surface area contributed by atoms with Crippen molar-refractivity contribution >= 4 is 26.1 Å². The lowest BCUT2D eigenvalue weighted by molar-refractivity contribution is 0.311. The molecule has 4 aromatic carbocycles. The Morgan fingerprint density at radius 3 is 1.31 bits per heavy atom. The maximum absolute atomic E-state index is 5.41. The second kappa shape index (κ2) is 10.6. The molecule has 2 aliphatic rings. The van der Waals surface area contributed by atoms with Crippen molar-refractivity contribution in [3.63, 3.8) is 0 Å². The Labute approximate surface area is 218 Å². The Balaban J connectivity index is 1.57. The summed E-state index contributed by atoms with van der Waals surface area (Å²) in [7, 11) is -2.57. The molecule has 0 N–H and O–H groups in total. The van der Waals surface area contributed by atoms with Crippen molar-refractivity contribution in [2.24, 2.45) is 0 Å². The summed E-state index contributed by atoms with van der Waals surface area (Å²) in [6.45, 7) is 5.41. The third kappa shape index (κ3) is 4.37. The molecular formula is C33H35NP2. The van der Waals surface area contributed by atoms with Crippen LogP contribution in [0.2, 0.25) is 0 Å². The van der Waals surface area contributed by atoms with Crippen molar-refractivity contribution in [3.8, 4) is 0 Å². The topological polar surface area (TPSA) is 3.24 Å². The maximum Gasteiger partial charge on any atom is 0.0845 e. The summed E-state index contributed by atoms with van der Waals surface area (Å²) >= 11 is 0. The SMILES string of the molecule is [CH2-][P+]1(N(C2CCC2)P(c2ccccc2)c2ccccc2)[C@@H](c2ccccc2)CC[C@@H]1c1ccccc1. The first-order valence-electron chi connectivity index (χ1n) is 13.3. The Bertz CT molecular complexity index is 1160. The summed E-state index contributed by atoms with van der Waals surface area (Å²) in [4.78, 5) is 0. The zero-order valence-electron chi connectivity index (χ0n) is 20.9. The van der Waals surface area contributed by atoms with E-state index in [-0.39, 0.29) is 0 Å². The molecule has 0 amide bonds. The van der Waals surface area contributed by atoms with Gasteiger partial charge in [-0.05, 0) is 54.8 Å². The molecule has 1 nitrogen and oxygen atoms in total. The van der Waals surface area contributed by atoms with Gasteiger partial charge < -0.3 is 0 Å². The summed E-state index contributed by atoms with van der Waals surface area (Å²) in [5, 5.41) is 2.92. The van der Waals surface area contributed by atoms with Gasteiger partial charge in [0.2, 0.25) is 0 Å². The van der Waals surface area contributed by atoms with Crippen molar-refractivity contribution in [2.75, 3.05) is 0 Å². The molecule has 36 heavy (non-hydrogen) atoms. The molecular weight excluding hydrogens is 472 g/mol. The molecule has 1 saturated carbocycles. The van der Waals surface area contributed by atoms with Gasteiger partial charge in [0, 0.05) is 6.04 Å². The van der Waals surface area contributed by atoms with Crippen LogP contribution >= 0.6 is 15.5 Å². The standard InChI is InChI=1S/C33H35NP2/c1-36(32(27-15-6-2-7-16-27)25-26-33(36)28-17-8-3-9-18-28)34(29-19-14-20-29)35(30-21-10-4-11-22-30)31-23-12-5-13-24-31/h2-13,15-18,21-24,29,32-33H,1,14,19-20,25-26H2/t32-,33-/m1/s1. The second-order valence-electron chi connectivity index (χ2n) is 10.2. The van der Waals surface area contributed by atoms with Crippen molar-refractivity contribution in [2.45, 2.75) is 49.5 Å². The molecule has 1 aliphatic carbocycles. The maximum atomic E-state index is 5.41. The fourth-order valence-corrected chi connectivity index (χ4v) is 15.6. The van der Waals surface area contributed by atoms with Gasteiger partial charge in [-0.25, -0.2) is 0 Å². The number of nitrogens with zero attached hydrogens (tertiary/aromatic N) is 1. The van der Waals surface area contributed by atoms with E-state index >= 15 is 0 Å². The molecule has 2 atom stereocenters. The van der Waals surface area contributed by atoms with Crippen LogP contribution in [-0.4, -0.2) is 10.5 Å². The first-order chi connectivity index (χ1) is 17.8. The van der Waals surface area contributed by atoms with E-state index in [1.165, 1.54) is 53.8 Å². The van der Waals surface area contributed by atoms with E-state index in [1.807, 2.05) is 0 Å². The fourth-order valence-electron chi connectivity index (χ4n) is 6.24. The van der Waals surface area contributed by atoms with Gasteiger partial charge in [-0.15, -0.1) is 0 Å². The van der Waals surface area contributed by atoms with Gasteiger partial charge in [0.05, 0.1) is 19.4 Å². The molecule has 0 spiro atoms. The molecule has 1 heterocycles. The van der Waals surface area contributed by atoms with E-state index < -0.39 is 15.5 Å². The first-order valence-corrected chi connectivity index (χ1v) is 16.7. The lowest BCUT2D eigenvalue weighted by atomic mass is 9.94. The van der Waals surface area contributed by atoms with Crippen molar-refractivity contribution in [1.29, 1.82) is 0 Å².